The highest BCUT2D eigenvalue weighted by Crippen LogP contribution is 2.31. The number of ether oxygens (including phenoxy) is 1. The van der Waals surface area contributed by atoms with Gasteiger partial charge in [-0.2, -0.15) is 0 Å². The van der Waals surface area contributed by atoms with Crippen molar-refractivity contribution in [3.05, 3.63) is 33.8 Å². The number of halogens is 2. The molecule has 2 unspecified atom stereocenters. The van der Waals surface area contributed by atoms with Crippen molar-refractivity contribution in [2.45, 2.75) is 45.0 Å². The monoisotopic (exact) mass is 349 g/mol. The lowest BCUT2D eigenvalue weighted by Gasteiger charge is -2.21. The van der Waals surface area contributed by atoms with Crippen molar-refractivity contribution < 1.29 is 19.7 Å². The lowest BCUT2D eigenvalue weighted by molar-refractivity contribution is 0.0123. The van der Waals surface area contributed by atoms with E-state index in [0.29, 0.717) is 10.6 Å². The van der Waals surface area contributed by atoms with Crippen LogP contribution in [0, 0.1) is 0 Å². The number of carbonyl (C=O) groups is 1. The molecule has 1 aromatic rings. The van der Waals surface area contributed by atoms with E-state index in [2.05, 4.69) is 5.32 Å². The lowest BCUT2D eigenvalue weighted by Crippen LogP contribution is -2.34. The Morgan fingerprint density at radius 3 is 2.55 bits per heavy atom. The van der Waals surface area contributed by atoms with Gasteiger partial charge in [-0.3, -0.25) is 0 Å². The van der Waals surface area contributed by atoms with E-state index in [4.69, 9.17) is 27.9 Å². The van der Waals surface area contributed by atoms with Gasteiger partial charge < -0.3 is 20.3 Å². The second-order valence-corrected chi connectivity index (χ2v) is 6.66. The first-order valence-electron chi connectivity index (χ1n) is 6.88. The highest BCUT2D eigenvalue weighted by molar-refractivity contribution is 6.42. The molecule has 0 fully saturated rings. The van der Waals surface area contributed by atoms with Gasteiger partial charge in [-0.25, -0.2) is 4.79 Å². The molecule has 1 aromatic carbocycles. The zero-order valence-electron chi connectivity index (χ0n) is 12.8. The maximum atomic E-state index is 11.5. The Morgan fingerprint density at radius 1 is 1.32 bits per heavy atom. The van der Waals surface area contributed by atoms with Crippen molar-refractivity contribution in [2.75, 3.05) is 6.54 Å². The van der Waals surface area contributed by atoms with Crippen LogP contribution in [0.4, 0.5) is 4.79 Å². The summed E-state index contributed by atoms with van der Waals surface area (Å²) in [6.45, 7) is 5.43. The molecule has 3 N–H and O–H groups in total. The fourth-order valence-corrected chi connectivity index (χ4v) is 2.17. The smallest absolute Gasteiger partial charge is 0.407 e. The molecule has 7 heteroatoms. The number of amides is 1. The Hall–Kier alpha value is -1.01. The first-order chi connectivity index (χ1) is 10.1. The lowest BCUT2D eigenvalue weighted by atomic mass is 10.0. The van der Waals surface area contributed by atoms with Gasteiger partial charge in [0.05, 0.1) is 16.1 Å². The number of aliphatic hydroxyl groups is 2. The van der Waals surface area contributed by atoms with E-state index in [1.807, 2.05) is 0 Å². The van der Waals surface area contributed by atoms with E-state index >= 15 is 0 Å². The molecule has 5 nitrogen and oxygen atoms in total. The number of rotatable bonds is 5. The van der Waals surface area contributed by atoms with Crippen molar-refractivity contribution >= 4 is 29.3 Å². The standard InChI is InChI=1S/C15H21Cl2NO4/c1-15(2,3)22-14(21)18-8-7-11(19)13(20)9-5-4-6-10(16)12(9)17/h4-6,11,13,19-20H,7-8H2,1-3H3,(H,18,21). The molecule has 0 aromatic heterocycles. The Kier molecular flexibility index (Phi) is 6.94. The van der Waals surface area contributed by atoms with Crippen LogP contribution in [0.3, 0.4) is 0 Å². The molecular formula is C15H21Cl2NO4. The number of benzene rings is 1. The minimum absolute atomic E-state index is 0.142. The van der Waals surface area contributed by atoms with E-state index in [1.165, 1.54) is 0 Å². The highest BCUT2D eigenvalue weighted by atomic mass is 35.5. The van der Waals surface area contributed by atoms with Gasteiger partial charge in [-0.15, -0.1) is 0 Å². The van der Waals surface area contributed by atoms with E-state index in [1.54, 1.807) is 39.0 Å². The number of hydrogen-bond acceptors (Lipinski definition) is 4. The van der Waals surface area contributed by atoms with E-state index in [9.17, 15) is 15.0 Å². The average molecular weight is 350 g/mol. The predicted molar refractivity (Wildman–Crippen MR) is 86.3 cm³/mol. The van der Waals surface area contributed by atoms with Crippen molar-refractivity contribution in [3.8, 4) is 0 Å². The number of aliphatic hydroxyl groups excluding tert-OH is 2. The first kappa shape index (κ1) is 19.0. The fraction of sp³-hybridized carbons (Fsp3) is 0.533. The Balaban J connectivity index is 2.50. The van der Waals surface area contributed by atoms with E-state index < -0.39 is 23.9 Å². The summed E-state index contributed by atoms with van der Waals surface area (Å²) in [5, 5.41) is 23.1. The number of alkyl carbamates (subject to hydrolysis) is 1. The van der Waals surface area contributed by atoms with Gasteiger partial charge in [0.25, 0.3) is 0 Å². The van der Waals surface area contributed by atoms with Crippen molar-refractivity contribution in [1.29, 1.82) is 0 Å². The second-order valence-electron chi connectivity index (χ2n) is 5.87. The molecule has 0 spiro atoms. The second kappa shape index (κ2) is 8.02. The SMILES string of the molecule is CC(C)(C)OC(=O)NCCC(O)C(O)c1cccc(Cl)c1Cl. The minimum atomic E-state index is -1.19. The normalized spacial score (nSPS) is 14.3. The zero-order chi connectivity index (χ0) is 16.9. The third-order valence-electron chi connectivity index (χ3n) is 2.77. The summed E-state index contributed by atoms with van der Waals surface area (Å²) in [6.07, 6.45) is -2.71. The summed E-state index contributed by atoms with van der Waals surface area (Å²) in [4.78, 5) is 11.5. The first-order valence-corrected chi connectivity index (χ1v) is 7.64. The van der Waals surface area contributed by atoms with Gasteiger partial charge in [0, 0.05) is 12.1 Å². The van der Waals surface area contributed by atoms with Gasteiger partial charge in [-0.1, -0.05) is 35.3 Å². The summed E-state index contributed by atoms with van der Waals surface area (Å²) in [5.74, 6) is 0. The molecule has 22 heavy (non-hydrogen) atoms. The summed E-state index contributed by atoms with van der Waals surface area (Å²) in [6, 6.07) is 4.82. The molecule has 0 saturated carbocycles. The molecule has 0 heterocycles. The minimum Gasteiger partial charge on any atom is -0.444 e. The van der Waals surface area contributed by atoms with Crippen LogP contribution in [0.25, 0.3) is 0 Å². The molecule has 124 valence electrons. The van der Waals surface area contributed by atoms with Gasteiger partial charge >= 0.3 is 6.09 Å². The average Bonchev–Trinajstić information content (AvgIpc) is 2.39. The Labute approximate surface area is 140 Å². The van der Waals surface area contributed by atoms with Gasteiger partial charge in [-0.05, 0) is 33.3 Å². The zero-order valence-corrected chi connectivity index (χ0v) is 14.3. The van der Waals surface area contributed by atoms with Crippen LogP contribution >= 0.6 is 23.2 Å². The molecule has 1 amide bonds. The summed E-state index contributed by atoms with van der Waals surface area (Å²) in [7, 11) is 0. The molecular weight excluding hydrogens is 329 g/mol. The molecule has 0 aliphatic heterocycles. The van der Waals surface area contributed by atoms with Gasteiger partial charge in [0.1, 0.15) is 11.7 Å². The maximum absolute atomic E-state index is 11.5. The molecule has 0 bridgehead atoms. The topological polar surface area (TPSA) is 78.8 Å². The number of nitrogens with one attached hydrogen (secondary N) is 1. The molecule has 0 aliphatic carbocycles. The van der Waals surface area contributed by atoms with Crippen LogP contribution < -0.4 is 5.32 Å². The Bertz CT molecular complexity index is 517. The third-order valence-corrected chi connectivity index (χ3v) is 3.61. The molecule has 2 atom stereocenters. The Morgan fingerprint density at radius 2 is 1.95 bits per heavy atom. The van der Waals surface area contributed by atoms with E-state index in [-0.39, 0.29) is 18.0 Å². The van der Waals surface area contributed by atoms with Crippen LogP contribution in [0.15, 0.2) is 18.2 Å². The van der Waals surface area contributed by atoms with Crippen molar-refractivity contribution in [1.82, 2.24) is 5.32 Å². The predicted octanol–water partition coefficient (Wildman–Crippen LogP) is 3.30. The summed E-state index contributed by atoms with van der Waals surface area (Å²) < 4.78 is 5.07. The summed E-state index contributed by atoms with van der Waals surface area (Å²) >= 11 is 11.9. The van der Waals surface area contributed by atoms with Crippen molar-refractivity contribution in [2.24, 2.45) is 0 Å². The largest absolute Gasteiger partial charge is 0.444 e. The van der Waals surface area contributed by atoms with Gasteiger partial charge in [0.15, 0.2) is 0 Å². The molecule has 1 rings (SSSR count). The quantitative estimate of drug-likeness (QED) is 0.761. The van der Waals surface area contributed by atoms with Crippen LogP contribution in [0.1, 0.15) is 38.9 Å². The molecule has 0 saturated heterocycles. The number of carbonyl (C=O) groups excluding carboxylic acids is 1. The van der Waals surface area contributed by atoms with Crippen LogP contribution in [0.5, 0.6) is 0 Å². The van der Waals surface area contributed by atoms with Crippen molar-refractivity contribution in [3.63, 3.8) is 0 Å². The fourth-order valence-electron chi connectivity index (χ4n) is 1.75. The van der Waals surface area contributed by atoms with E-state index in [0.717, 1.165) is 0 Å². The van der Waals surface area contributed by atoms with Crippen LogP contribution in [-0.4, -0.2) is 34.6 Å². The summed E-state index contributed by atoms with van der Waals surface area (Å²) in [5.41, 5.74) is -0.241. The van der Waals surface area contributed by atoms with Crippen LogP contribution in [-0.2, 0) is 4.74 Å². The van der Waals surface area contributed by atoms with Crippen LogP contribution in [0.2, 0.25) is 10.0 Å². The third kappa shape index (κ3) is 6.01. The number of hydrogen-bond donors (Lipinski definition) is 3. The highest BCUT2D eigenvalue weighted by Gasteiger charge is 2.22. The van der Waals surface area contributed by atoms with Gasteiger partial charge in [0.2, 0.25) is 0 Å². The maximum Gasteiger partial charge on any atom is 0.407 e. The molecule has 0 aliphatic rings. The molecule has 0 radical (unpaired) electrons.